The molecule has 1 aromatic rings. The van der Waals surface area contributed by atoms with Gasteiger partial charge in [0.1, 0.15) is 0 Å². The lowest BCUT2D eigenvalue weighted by molar-refractivity contribution is 0.0957. The lowest BCUT2D eigenvalue weighted by atomic mass is 10.1. The maximum Gasteiger partial charge on any atom is 0.409 e. The molecule has 2 heterocycles. The van der Waals surface area contributed by atoms with Crippen LogP contribution >= 0.6 is 0 Å². The first-order chi connectivity index (χ1) is 12.2. The summed E-state index contributed by atoms with van der Waals surface area (Å²) in [7, 11) is 0. The molecule has 2 aliphatic heterocycles. The van der Waals surface area contributed by atoms with Crippen molar-refractivity contribution in [3.63, 3.8) is 0 Å². The van der Waals surface area contributed by atoms with Gasteiger partial charge in [-0.05, 0) is 37.5 Å². The zero-order valence-corrected chi connectivity index (χ0v) is 14.2. The maximum absolute atomic E-state index is 12.1. The van der Waals surface area contributed by atoms with Crippen molar-refractivity contribution in [1.29, 1.82) is 0 Å². The molecule has 0 atom stereocenters. The molecule has 2 N–H and O–H groups in total. The third-order valence-corrected chi connectivity index (χ3v) is 4.25. The van der Waals surface area contributed by atoms with Crippen LogP contribution in [0, 0.1) is 0 Å². The van der Waals surface area contributed by atoms with E-state index < -0.39 is 0 Å². The van der Waals surface area contributed by atoms with Crippen LogP contribution in [0.3, 0.4) is 0 Å². The third kappa shape index (κ3) is 4.46. The number of carbonyl (C=O) groups is 2. The van der Waals surface area contributed by atoms with Gasteiger partial charge in [-0.15, -0.1) is 0 Å². The van der Waals surface area contributed by atoms with Crippen LogP contribution < -0.4 is 20.1 Å². The molecule has 25 heavy (non-hydrogen) atoms. The van der Waals surface area contributed by atoms with Gasteiger partial charge in [0.05, 0.1) is 6.61 Å². The largest absolute Gasteiger partial charge is 0.454 e. The van der Waals surface area contributed by atoms with Gasteiger partial charge in [0.15, 0.2) is 11.5 Å². The molecule has 0 bridgehead atoms. The molecule has 0 radical (unpaired) electrons. The van der Waals surface area contributed by atoms with Crippen molar-refractivity contribution in [3.05, 3.63) is 23.8 Å². The van der Waals surface area contributed by atoms with E-state index in [1.165, 1.54) is 0 Å². The van der Waals surface area contributed by atoms with Crippen LogP contribution in [0.25, 0.3) is 0 Å². The minimum Gasteiger partial charge on any atom is -0.454 e. The van der Waals surface area contributed by atoms with Gasteiger partial charge in [-0.25, -0.2) is 9.59 Å². The summed E-state index contributed by atoms with van der Waals surface area (Å²) in [6.45, 7) is 3.98. The quantitative estimate of drug-likeness (QED) is 0.866. The summed E-state index contributed by atoms with van der Waals surface area (Å²) in [5.74, 6) is 1.42. The highest BCUT2D eigenvalue weighted by molar-refractivity contribution is 5.74. The van der Waals surface area contributed by atoms with Gasteiger partial charge >= 0.3 is 12.1 Å². The molecule has 1 aromatic carbocycles. The normalized spacial score (nSPS) is 16.4. The Labute approximate surface area is 146 Å². The van der Waals surface area contributed by atoms with Crippen LogP contribution in [0.5, 0.6) is 11.5 Å². The van der Waals surface area contributed by atoms with Crippen molar-refractivity contribution in [2.45, 2.75) is 32.4 Å². The molecular formula is C17H23N3O5. The molecule has 0 aromatic heterocycles. The number of ether oxygens (including phenoxy) is 3. The molecule has 0 unspecified atom stereocenters. The minimum atomic E-state index is -0.284. The summed E-state index contributed by atoms with van der Waals surface area (Å²) < 4.78 is 15.6. The Balaban J connectivity index is 1.39. The second-order valence-electron chi connectivity index (χ2n) is 5.97. The number of rotatable bonds is 4. The summed E-state index contributed by atoms with van der Waals surface area (Å²) in [5, 5.41) is 5.79. The topological polar surface area (TPSA) is 89.1 Å². The summed E-state index contributed by atoms with van der Waals surface area (Å²) >= 11 is 0. The smallest absolute Gasteiger partial charge is 0.409 e. The van der Waals surface area contributed by atoms with Crippen LogP contribution in [0.1, 0.15) is 25.3 Å². The zero-order valence-electron chi connectivity index (χ0n) is 14.2. The van der Waals surface area contributed by atoms with Gasteiger partial charge in [-0.2, -0.15) is 0 Å². The van der Waals surface area contributed by atoms with Gasteiger partial charge in [0.25, 0.3) is 0 Å². The summed E-state index contributed by atoms with van der Waals surface area (Å²) in [6, 6.07) is 5.43. The van der Waals surface area contributed by atoms with Gasteiger partial charge in [0, 0.05) is 25.7 Å². The van der Waals surface area contributed by atoms with Gasteiger partial charge in [0.2, 0.25) is 6.79 Å². The zero-order chi connectivity index (χ0) is 17.6. The van der Waals surface area contributed by atoms with E-state index in [2.05, 4.69) is 10.6 Å². The van der Waals surface area contributed by atoms with Crippen LogP contribution in [-0.2, 0) is 11.3 Å². The van der Waals surface area contributed by atoms with Crippen molar-refractivity contribution in [2.24, 2.45) is 0 Å². The Hall–Kier alpha value is -2.64. The second kappa shape index (κ2) is 7.96. The SMILES string of the molecule is CCOC(=O)N1CCC(NC(=O)NCc2ccc3c(c2)OCO3)CC1. The number of amides is 3. The highest BCUT2D eigenvalue weighted by atomic mass is 16.7. The van der Waals surface area contributed by atoms with E-state index >= 15 is 0 Å². The minimum absolute atomic E-state index is 0.0578. The number of benzene rings is 1. The van der Waals surface area contributed by atoms with Crippen LogP contribution in [0.4, 0.5) is 9.59 Å². The molecular weight excluding hydrogens is 326 g/mol. The molecule has 0 aliphatic carbocycles. The second-order valence-corrected chi connectivity index (χ2v) is 5.97. The number of piperidine rings is 1. The molecule has 8 heteroatoms. The highest BCUT2D eigenvalue weighted by Gasteiger charge is 2.24. The average molecular weight is 349 g/mol. The third-order valence-electron chi connectivity index (χ3n) is 4.25. The number of fused-ring (bicyclic) bond motifs is 1. The fourth-order valence-corrected chi connectivity index (χ4v) is 2.89. The van der Waals surface area contributed by atoms with Crippen molar-refractivity contribution >= 4 is 12.1 Å². The number of nitrogens with one attached hydrogen (secondary N) is 2. The molecule has 3 amide bonds. The number of nitrogens with zero attached hydrogens (tertiary/aromatic N) is 1. The Morgan fingerprint density at radius 1 is 1.24 bits per heavy atom. The first kappa shape index (κ1) is 17.2. The molecule has 1 fully saturated rings. The van der Waals surface area contributed by atoms with E-state index in [9.17, 15) is 9.59 Å². The lowest BCUT2D eigenvalue weighted by Gasteiger charge is -2.31. The Morgan fingerprint density at radius 3 is 2.76 bits per heavy atom. The highest BCUT2D eigenvalue weighted by Crippen LogP contribution is 2.32. The number of urea groups is 1. The van der Waals surface area contributed by atoms with Crippen molar-refractivity contribution < 1.29 is 23.8 Å². The maximum atomic E-state index is 12.1. The fraction of sp³-hybridized carbons (Fsp3) is 0.529. The van der Waals surface area contributed by atoms with Crippen molar-refractivity contribution in [1.82, 2.24) is 15.5 Å². The molecule has 0 saturated carbocycles. The summed E-state index contributed by atoms with van der Waals surface area (Å²) in [6.07, 6.45) is 1.15. The van der Waals surface area contributed by atoms with E-state index in [0.29, 0.717) is 32.0 Å². The Bertz CT molecular complexity index is 629. The van der Waals surface area contributed by atoms with Gasteiger partial charge < -0.3 is 29.7 Å². The number of hydrogen-bond donors (Lipinski definition) is 2. The fourth-order valence-electron chi connectivity index (χ4n) is 2.89. The predicted molar refractivity (Wildman–Crippen MR) is 89.6 cm³/mol. The number of likely N-dealkylation sites (tertiary alicyclic amines) is 1. The van der Waals surface area contributed by atoms with Crippen LogP contribution in [0.2, 0.25) is 0 Å². The van der Waals surface area contributed by atoms with E-state index in [0.717, 1.165) is 24.2 Å². The number of carbonyl (C=O) groups excluding carboxylic acids is 2. The standard InChI is InChI=1S/C17H23N3O5/c1-2-23-17(22)20-7-5-13(6-8-20)19-16(21)18-10-12-3-4-14-15(9-12)25-11-24-14/h3-4,9,13H,2,5-8,10-11H2,1H3,(H2,18,19,21). The van der Waals surface area contributed by atoms with Gasteiger partial charge in [-0.1, -0.05) is 6.07 Å². The number of hydrogen-bond acceptors (Lipinski definition) is 5. The first-order valence-corrected chi connectivity index (χ1v) is 8.50. The molecule has 8 nitrogen and oxygen atoms in total. The molecule has 0 spiro atoms. The molecule has 3 rings (SSSR count). The summed E-state index contributed by atoms with van der Waals surface area (Å²) in [5.41, 5.74) is 0.941. The van der Waals surface area contributed by atoms with E-state index in [4.69, 9.17) is 14.2 Å². The molecule has 2 aliphatic rings. The Kier molecular flexibility index (Phi) is 5.47. The van der Waals surface area contributed by atoms with E-state index in [1.807, 2.05) is 18.2 Å². The van der Waals surface area contributed by atoms with E-state index in [-0.39, 0.29) is 25.0 Å². The lowest BCUT2D eigenvalue weighted by Crippen LogP contribution is -2.49. The van der Waals surface area contributed by atoms with E-state index in [1.54, 1.807) is 11.8 Å². The average Bonchev–Trinajstić information content (AvgIpc) is 3.08. The molecule has 1 saturated heterocycles. The van der Waals surface area contributed by atoms with Crippen LogP contribution in [0.15, 0.2) is 18.2 Å². The predicted octanol–water partition coefficient (Wildman–Crippen LogP) is 1.84. The van der Waals surface area contributed by atoms with Crippen molar-refractivity contribution in [2.75, 3.05) is 26.5 Å². The monoisotopic (exact) mass is 349 g/mol. The Morgan fingerprint density at radius 2 is 2.00 bits per heavy atom. The first-order valence-electron chi connectivity index (χ1n) is 8.50. The summed E-state index contributed by atoms with van der Waals surface area (Å²) in [4.78, 5) is 25.4. The van der Waals surface area contributed by atoms with Crippen molar-refractivity contribution in [3.8, 4) is 11.5 Å². The van der Waals surface area contributed by atoms with Crippen LogP contribution in [-0.4, -0.2) is 49.6 Å². The van der Waals surface area contributed by atoms with Gasteiger partial charge in [-0.3, -0.25) is 0 Å². The molecule has 136 valence electrons.